The Kier molecular flexibility index (Phi) is 4.85. The van der Waals surface area contributed by atoms with E-state index in [1.807, 2.05) is 32.0 Å². The maximum Gasteiger partial charge on any atom is 0.236 e. The Bertz CT molecular complexity index is 682. The quantitative estimate of drug-likeness (QED) is 0.889. The molecule has 0 saturated carbocycles. The van der Waals surface area contributed by atoms with Gasteiger partial charge in [0.25, 0.3) is 0 Å². The van der Waals surface area contributed by atoms with Crippen molar-refractivity contribution in [2.24, 2.45) is 0 Å². The van der Waals surface area contributed by atoms with Gasteiger partial charge in [-0.25, -0.2) is 8.42 Å². The highest BCUT2D eigenvalue weighted by Gasteiger charge is 2.12. The van der Waals surface area contributed by atoms with Crippen molar-refractivity contribution in [2.75, 3.05) is 4.72 Å². The molecule has 2 aromatic carbocycles. The molecular weight excluding hydrogens is 286 g/mol. The molecule has 2 rings (SSSR count). The Hall–Kier alpha value is -2.01. The molecule has 0 aliphatic heterocycles. The Labute approximate surface area is 125 Å². The lowest BCUT2D eigenvalue weighted by Gasteiger charge is -2.12. The van der Waals surface area contributed by atoms with E-state index in [1.54, 1.807) is 36.4 Å². The maximum absolute atomic E-state index is 12.2. The number of rotatable bonds is 6. The second-order valence-corrected chi connectivity index (χ2v) is 6.76. The molecule has 0 unspecified atom stereocenters. The zero-order valence-corrected chi connectivity index (χ0v) is 12.9. The van der Waals surface area contributed by atoms with Crippen LogP contribution in [0.4, 0.5) is 5.69 Å². The largest absolute Gasteiger partial charge is 0.491 e. The van der Waals surface area contributed by atoms with Gasteiger partial charge >= 0.3 is 0 Å². The third-order valence-electron chi connectivity index (χ3n) is 2.68. The summed E-state index contributed by atoms with van der Waals surface area (Å²) >= 11 is 0. The van der Waals surface area contributed by atoms with Crippen LogP contribution < -0.4 is 9.46 Å². The first-order chi connectivity index (χ1) is 9.94. The second-order valence-electron chi connectivity index (χ2n) is 5.04. The van der Waals surface area contributed by atoms with Gasteiger partial charge in [-0.2, -0.15) is 0 Å². The average Bonchev–Trinajstić information content (AvgIpc) is 2.38. The van der Waals surface area contributed by atoms with Gasteiger partial charge in [-0.1, -0.05) is 36.4 Å². The second kappa shape index (κ2) is 6.63. The van der Waals surface area contributed by atoms with Gasteiger partial charge in [0, 0.05) is 6.07 Å². The SMILES string of the molecule is CC(C)Oc1cccc(NS(=O)(=O)Cc2ccccc2)c1. The molecule has 0 spiro atoms. The van der Waals surface area contributed by atoms with Crippen LogP contribution in [0.3, 0.4) is 0 Å². The molecule has 0 radical (unpaired) electrons. The molecule has 4 nitrogen and oxygen atoms in total. The zero-order chi connectivity index (χ0) is 15.3. The van der Waals surface area contributed by atoms with E-state index in [0.29, 0.717) is 11.4 Å². The van der Waals surface area contributed by atoms with E-state index in [0.717, 1.165) is 5.56 Å². The third kappa shape index (κ3) is 5.11. The summed E-state index contributed by atoms with van der Waals surface area (Å²) in [6, 6.07) is 16.0. The van der Waals surface area contributed by atoms with Crippen LogP contribution in [-0.4, -0.2) is 14.5 Å². The highest BCUT2D eigenvalue weighted by atomic mass is 32.2. The summed E-state index contributed by atoms with van der Waals surface area (Å²) in [5.74, 6) is 0.591. The van der Waals surface area contributed by atoms with E-state index in [2.05, 4.69) is 4.72 Å². The predicted octanol–water partition coefficient (Wildman–Crippen LogP) is 3.42. The van der Waals surface area contributed by atoms with E-state index < -0.39 is 10.0 Å². The van der Waals surface area contributed by atoms with Crippen LogP contribution in [0.5, 0.6) is 5.75 Å². The van der Waals surface area contributed by atoms with Crippen molar-refractivity contribution in [1.82, 2.24) is 0 Å². The molecule has 0 aliphatic rings. The summed E-state index contributed by atoms with van der Waals surface area (Å²) in [5, 5.41) is 0. The van der Waals surface area contributed by atoms with Crippen molar-refractivity contribution < 1.29 is 13.2 Å². The minimum Gasteiger partial charge on any atom is -0.491 e. The van der Waals surface area contributed by atoms with Crippen LogP contribution in [0.25, 0.3) is 0 Å². The van der Waals surface area contributed by atoms with Crippen molar-refractivity contribution >= 4 is 15.7 Å². The topological polar surface area (TPSA) is 55.4 Å². The Morgan fingerprint density at radius 1 is 1.05 bits per heavy atom. The maximum atomic E-state index is 12.2. The Morgan fingerprint density at radius 2 is 1.76 bits per heavy atom. The normalized spacial score (nSPS) is 11.4. The molecule has 2 aromatic rings. The van der Waals surface area contributed by atoms with Crippen molar-refractivity contribution in [2.45, 2.75) is 25.7 Å². The summed E-state index contributed by atoms with van der Waals surface area (Å²) < 4.78 is 32.4. The van der Waals surface area contributed by atoms with Gasteiger partial charge in [0.15, 0.2) is 0 Å². The summed E-state index contributed by atoms with van der Waals surface area (Å²) in [7, 11) is -3.44. The number of sulfonamides is 1. The first-order valence-electron chi connectivity index (χ1n) is 6.76. The molecule has 0 heterocycles. The number of benzene rings is 2. The highest BCUT2D eigenvalue weighted by molar-refractivity contribution is 7.91. The predicted molar refractivity (Wildman–Crippen MR) is 84.9 cm³/mol. The molecular formula is C16H19NO3S. The number of anilines is 1. The number of nitrogens with one attached hydrogen (secondary N) is 1. The molecule has 0 amide bonds. The lowest BCUT2D eigenvalue weighted by Crippen LogP contribution is -2.15. The fraction of sp³-hybridized carbons (Fsp3) is 0.250. The first kappa shape index (κ1) is 15.4. The van der Waals surface area contributed by atoms with Gasteiger partial charge in [0.1, 0.15) is 5.75 Å². The molecule has 0 aromatic heterocycles. The molecule has 5 heteroatoms. The summed E-state index contributed by atoms with van der Waals surface area (Å²) in [6.45, 7) is 3.85. The third-order valence-corrected chi connectivity index (χ3v) is 3.94. The molecule has 0 atom stereocenters. The standard InChI is InChI=1S/C16H19NO3S/c1-13(2)20-16-10-6-9-15(11-16)17-21(18,19)12-14-7-4-3-5-8-14/h3-11,13,17H,12H2,1-2H3. The van der Waals surface area contributed by atoms with Gasteiger partial charge in [-0.15, -0.1) is 0 Å². The Morgan fingerprint density at radius 3 is 2.43 bits per heavy atom. The first-order valence-corrected chi connectivity index (χ1v) is 8.41. The summed E-state index contributed by atoms with van der Waals surface area (Å²) in [5.41, 5.74) is 1.25. The fourth-order valence-corrected chi connectivity index (χ4v) is 3.10. The van der Waals surface area contributed by atoms with E-state index in [4.69, 9.17) is 4.74 Å². The van der Waals surface area contributed by atoms with E-state index in [9.17, 15) is 8.42 Å². The van der Waals surface area contributed by atoms with Gasteiger partial charge in [-0.3, -0.25) is 4.72 Å². The lowest BCUT2D eigenvalue weighted by molar-refractivity contribution is 0.242. The van der Waals surface area contributed by atoms with Gasteiger partial charge < -0.3 is 4.74 Å². The minimum absolute atomic E-state index is 0.0428. The summed E-state index contributed by atoms with van der Waals surface area (Å²) in [6.07, 6.45) is 0.0428. The molecule has 0 fully saturated rings. The van der Waals surface area contributed by atoms with Gasteiger partial charge in [0.2, 0.25) is 10.0 Å². The molecule has 0 bridgehead atoms. The van der Waals surface area contributed by atoms with E-state index in [-0.39, 0.29) is 11.9 Å². The van der Waals surface area contributed by atoms with Crippen LogP contribution >= 0.6 is 0 Å². The van der Waals surface area contributed by atoms with Crippen LogP contribution in [0.2, 0.25) is 0 Å². The van der Waals surface area contributed by atoms with E-state index in [1.165, 1.54) is 0 Å². The van der Waals surface area contributed by atoms with Crippen molar-refractivity contribution in [3.05, 3.63) is 60.2 Å². The number of ether oxygens (including phenoxy) is 1. The van der Waals surface area contributed by atoms with Crippen molar-refractivity contribution in [3.8, 4) is 5.75 Å². The van der Waals surface area contributed by atoms with E-state index >= 15 is 0 Å². The average molecular weight is 305 g/mol. The molecule has 1 N–H and O–H groups in total. The molecule has 21 heavy (non-hydrogen) atoms. The fourth-order valence-electron chi connectivity index (χ4n) is 1.91. The smallest absolute Gasteiger partial charge is 0.236 e. The number of hydrogen-bond donors (Lipinski definition) is 1. The van der Waals surface area contributed by atoms with Crippen LogP contribution in [-0.2, 0) is 15.8 Å². The van der Waals surface area contributed by atoms with Crippen molar-refractivity contribution in [3.63, 3.8) is 0 Å². The number of hydrogen-bond acceptors (Lipinski definition) is 3. The van der Waals surface area contributed by atoms with Crippen LogP contribution in [0.1, 0.15) is 19.4 Å². The highest BCUT2D eigenvalue weighted by Crippen LogP contribution is 2.20. The lowest BCUT2D eigenvalue weighted by atomic mass is 10.2. The van der Waals surface area contributed by atoms with Gasteiger partial charge in [-0.05, 0) is 31.5 Å². The monoisotopic (exact) mass is 305 g/mol. The van der Waals surface area contributed by atoms with Crippen LogP contribution in [0, 0.1) is 0 Å². The molecule has 0 saturated heterocycles. The molecule has 0 aliphatic carbocycles. The zero-order valence-electron chi connectivity index (χ0n) is 12.1. The summed E-state index contributed by atoms with van der Waals surface area (Å²) in [4.78, 5) is 0. The van der Waals surface area contributed by atoms with Crippen molar-refractivity contribution in [1.29, 1.82) is 0 Å². The minimum atomic E-state index is -3.44. The molecule has 112 valence electrons. The van der Waals surface area contributed by atoms with Crippen LogP contribution in [0.15, 0.2) is 54.6 Å². The van der Waals surface area contributed by atoms with Gasteiger partial charge in [0.05, 0.1) is 17.5 Å². The Balaban J connectivity index is 2.09.